The predicted octanol–water partition coefficient (Wildman–Crippen LogP) is 4.22. The largest absolute Gasteiger partial charge is 0.359 e. The van der Waals surface area contributed by atoms with E-state index < -0.39 is 0 Å². The van der Waals surface area contributed by atoms with Crippen LogP contribution >= 0.6 is 0 Å². The maximum absolute atomic E-state index is 12.6. The van der Waals surface area contributed by atoms with Crippen molar-refractivity contribution < 1.29 is 4.79 Å². The molecule has 2 heterocycles. The molecule has 0 saturated heterocycles. The molecular formula is C19H17N3O. The molecule has 23 heavy (non-hydrogen) atoms. The van der Waals surface area contributed by atoms with Crippen molar-refractivity contribution in [1.29, 1.82) is 0 Å². The number of hydrogen-bond acceptors (Lipinski definition) is 1. The summed E-state index contributed by atoms with van der Waals surface area (Å²) in [7, 11) is 2.00. The Morgan fingerprint density at radius 3 is 2.87 bits per heavy atom. The number of aromatic nitrogens is 2. The van der Waals surface area contributed by atoms with E-state index in [0.717, 1.165) is 33.2 Å². The minimum Gasteiger partial charge on any atom is -0.359 e. The molecule has 0 unspecified atom stereocenters. The molecule has 4 aromatic rings. The summed E-state index contributed by atoms with van der Waals surface area (Å²) in [5, 5.41) is 5.11. The van der Waals surface area contributed by atoms with Gasteiger partial charge < -0.3 is 14.9 Å². The summed E-state index contributed by atoms with van der Waals surface area (Å²) in [6, 6.07) is 15.7. The van der Waals surface area contributed by atoms with Crippen LogP contribution in [0.3, 0.4) is 0 Å². The summed E-state index contributed by atoms with van der Waals surface area (Å²) < 4.78 is 2.04. The zero-order valence-electron chi connectivity index (χ0n) is 13.1. The van der Waals surface area contributed by atoms with Crippen LogP contribution in [0.2, 0.25) is 0 Å². The van der Waals surface area contributed by atoms with Crippen molar-refractivity contribution in [3.8, 4) is 0 Å². The molecule has 0 atom stereocenters. The van der Waals surface area contributed by atoms with Crippen LogP contribution in [0.5, 0.6) is 0 Å². The molecule has 114 valence electrons. The maximum Gasteiger partial charge on any atom is 0.255 e. The molecule has 2 N–H and O–H groups in total. The van der Waals surface area contributed by atoms with E-state index in [1.807, 2.05) is 73.3 Å². The predicted molar refractivity (Wildman–Crippen MR) is 93.9 cm³/mol. The molecule has 4 heteroatoms. The van der Waals surface area contributed by atoms with Crippen molar-refractivity contribution in [3.63, 3.8) is 0 Å². The topological polar surface area (TPSA) is 49.8 Å². The summed E-state index contributed by atoms with van der Waals surface area (Å²) in [4.78, 5) is 15.9. The van der Waals surface area contributed by atoms with E-state index >= 15 is 0 Å². The lowest BCUT2D eigenvalue weighted by molar-refractivity contribution is 0.102. The third-order valence-corrected chi connectivity index (χ3v) is 4.19. The van der Waals surface area contributed by atoms with Gasteiger partial charge in [0.1, 0.15) is 0 Å². The van der Waals surface area contributed by atoms with Gasteiger partial charge in [0, 0.05) is 46.3 Å². The molecule has 4 rings (SSSR count). The minimum absolute atomic E-state index is 0.0953. The number of nitrogens with one attached hydrogen (secondary N) is 2. The number of benzene rings is 2. The van der Waals surface area contributed by atoms with Gasteiger partial charge in [-0.3, -0.25) is 4.79 Å². The van der Waals surface area contributed by atoms with Crippen molar-refractivity contribution in [2.24, 2.45) is 7.05 Å². The van der Waals surface area contributed by atoms with Crippen LogP contribution in [-0.4, -0.2) is 15.5 Å². The first-order valence-electron chi connectivity index (χ1n) is 7.56. The molecule has 2 aromatic carbocycles. The van der Waals surface area contributed by atoms with Crippen LogP contribution in [-0.2, 0) is 7.05 Å². The fourth-order valence-corrected chi connectivity index (χ4v) is 3.02. The number of anilines is 1. The molecule has 2 aromatic heterocycles. The Bertz CT molecular complexity index is 1040. The number of carbonyl (C=O) groups excluding carboxylic acids is 1. The average molecular weight is 303 g/mol. The van der Waals surface area contributed by atoms with Crippen LogP contribution in [0.25, 0.3) is 21.8 Å². The van der Waals surface area contributed by atoms with E-state index in [0.29, 0.717) is 5.56 Å². The summed E-state index contributed by atoms with van der Waals surface area (Å²) in [5.41, 5.74) is 4.70. The second kappa shape index (κ2) is 5.02. The van der Waals surface area contributed by atoms with E-state index in [2.05, 4.69) is 10.3 Å². The highest BCUT2D eigenvalue weighted by atomic mass is 16.1. The Hall–Kier alpha value is -3.01. The van der Waals surface area contributed by atoms with Gasteiger partial charge in [0.15, 0.2) is 0 Å². The van der Waals surface area contributed by atoms with E-state index in [1.54, 1.807) is 0 Å². The second-order valence-corrected chi connectivity index (χ2v) is 5.87. The number of H-pyrrole nitrogens is 1. The van der Waals surface area contributed by atoms with Gasteiger partial charge in [0.2, 0.25) is 0 Å². The highest BCUT2D eigenvalue weighted by molar-refractivity contribution is 6.10. The molecule has 0 fully saturated rings. The quantitative estimate of drug-likeness (QED) is 0.572. The lowest BCUT2D eigenvalue weighted by Crippen LogP contribution is -2.11. The Morgan fingerprint density at radius 2 is 2.00 bits per heavy atom. The lowest BCUT2D eigenvalue weighted by atomic mass is 10.1. The van der Waals surface area contributed by atoms with Gasteiger partial charge in [0.25, 0.3) is 5.91 Å². The third-order valence-electron chi connectivity index (χ3n) is 4.19. The van der Waals surface area contributed by atoms with Crippen LogP contribution in [0.1, 0.15) is 16.1 Å². The zero-order valence-corrected chi connectivity index (χ0v) is 13.1. The van der Waals surface area contributed by atoms with Crippen molar-refractivity contribution in [1.82, 2.24) is 9.55 Å². The second-order valence-electron chi connectivity index (χ2n) is 5.87. The van der Waals surface area contributed by atoms with Gasteiger partial charge >= 0.3 is 0 Å². The fraction of sp³-hybridized carbons (Fsp3) is 0.105. The average Bonchev–Trinajstić information content (AvgIpc) is 3.10. The van der Waals surface area contributed by atoms with Gasteiger partial charge in [-0.05, 0) is 49.4 Å². The molecule has 0 aliphatic rings. The minimum atomic E-state index is -0.0953. The number of fused-ring (bicyclic) bond motifs is 2. The fourth-order valence-electron chi connectivity index (χ4n) is 3.02. The van der Waals surface area contributed by atoms with Crippen LogP contribution in [0, 0.1) is 6.92 Å². The Kier molecular flexibility index (Phi) is 2.98. The number of nitrogens with zero attached hydrogens (tertiary/aromatic N) is 1. The summed E-state index contributed by atoms with van der Waals surface area (Å²) >= 11 is 0. The zero-order chi connectivity index (χ0) is 16.0. The van der Waals surface area contributed by atoms with Gasteiger partial charge in [-0.1, -0.05) is 6.07 Å². The summed E-state index contributed by atoms with van der Waals surface area (Å²) in [6.07, 6.45) is 2.00. The van der Waals surface area contributed by atoms with Crippen molar-refractivity contribution >= 4 is 33.4 Å². The monoisotopic (exact) mass is 303 g/mol. The maximum atomic E-state index is 12.6. The third kappa shape index (κ3) is 2.28. The first-order chi connectivity index (χ1) is 11.1. The molecular weight excluding hydrogens is 286 g/mol. The lowest BCUT2D eigenvalue weighted by Gasteiger charge is -2.07. The Morgan fingerprint density at radius 1 is 1.13 bits per heavy atom. The Balaban J connectivity index is 1.70. The first-order valence-corrected chi connectivity index (χ1v) is 7.56. The van der Waals surface area contributed by atoms with Gasteiger partial charge in [-0.25, -0.2) is 0 Å². The van der Waals surface area contributed by atoms with Gasteiger partial charge in [-0.15, -0.1) is 0 Å². The van der Waals surface area contributed by atoms with Gasteiger partial charge in [-0.2, -0.15) is 0 Å². The molecule has 4 nitrogen and oxygen atoms in total. The molecule has 0 aliphatic heterocycles. The molecule has 1 amide bonds. The molecule has 0 aliphatic carbocycles. The number of aromatic amines is 1. The smallest absolute Gasteiger partial charge is 0.255 e. The number of hydrogen-bond donors (Lipinski definition) is 2. The van der Waals surface area contributed by atoms with E-state index in [1.165, 1.54) is 0 Å². The standard InChI is InChI=1S/C19H17N3O/c1-12-10-15-16(20-12)4-3-5-17(15)21-19(23)14-6-7-18-13(11-14)8-9-22(18)2/h3-11,20H,1-2H3,(H,21,23). The number of aryl methyl sites for hydroxylation is 2. The Labute approximate surface area is 133 Å². The van der Waals surface area contributed by atoms with Crippen LogP contribution in [0.4, 0.5) is 5.69 Å². The first kappa shape index (κ1) is 13.6. The normalized spacial score (nSPS) is 11.2. The van der Waals surface area contributed by atoms with Crippen LogP contribution in [0.15, 0.2) is 54.7 Å². The van der Waals surface area contributed by atoms with Crippen LogP contribution < -0.4 is 5.32 Å². The molecule has 0 bridgehead atoms. The van der Waals surface area contributed by atoms with E-state index in [4.69, 9.17) is 0 Å². The van der Waals surface area contributed by atoms with Crippen molar-refractivity contribution in [2.45, 2.75) is 6.92 Å². The van der Waals surface area contributed by atoms with Gasteiger partial charge in [0.05, 0.1) is 5.69 Å². The summed E-state index contributed by atoms with van der Waals surface area (Å²) in [5.74, 6) is -0.0953. The SMILES string of the molecule is Cc1cc2c(NC(=O)c3ccc4c(ccn4C)c3)cccc2[nH]1. The number of carbonyl (C=O) groups is 1. The molecule has 0 saturated carbocycles. The van der Waals surface area contributed by atoms with Crippen molar-refractivity contribution in [2.75, 3.05) is 5.32 Å². The highest BCUT2D eigenvalue weighted by Crippen LogP contribution is 2.25. The molecule has 0 radical (unpaired) electrons. The summed E-state index contributed by atoms with van der Waals surface area (Å²) in [6.45, 7) is 2.01. The number of rotatable bonds is 2. The number of amides is 1. The van der Waals surface area contributed by atoms with E-state index in [9.17, 15) is 4.79 Å². The van der Waals surface area contributed by atoms with E-state index in [-0.39, 0.29) is 5.91 Å². The van der Waals surface area contributed by atoms with Crippen molar-refractivity contribution in [3.05, 3.63) is 66.0 Å². The molecule has 0 spiro atoms. The highest BCUT2D eigenvalue weighted by Gasteiger charge is 2.10.